The summed E-state index contributed by atoms with van der Waals surface area (Å²) in [4.78, 5) is 16.8. The van der Waals surface area contributed by atoms with Gasteiger partial charge in [-0.3, -0.25) is 10.2 Å². The number of nitrogens with one attached hydrogen (secondary N) is 1. The van der Waals surface area contributed by atoms with Crippen LogP contribution in [0.1, 0.15) is 41.4 Å². The highest BCUT2D eigenvalue weighted by Crippen LogP contribution is 2.30. The lowest BCUT2D eigenvalue weighted by molar-refractivity contribution is -0.114. The van der Waals surface area contributed by atoms with Gasteiger partial charge in [-0.2, -0.15) is 15.1 Å². The SMILES string of the molecule is CCC1=NN2C(=N)C(=Cc3cc(C)n(-c4cc(C)cc(C)c4)c3C)C(=O)N=C2S1. The van der Waals surface area contributed by atoms with Crippen molar-refractivity contribution in [2.24, 2.45) is 10.1 Å². The van der Waals surface area contributed by atoms with E-state index in [1.54, 1.807) is 6.08 Å². The highest BCUT2D eigenvalue weighted by molar-refractivity contribution is 8.26. The molecule has 0 fully saturated rings. The molecule has 6 nitrogen and oxygen atoms in total. The highest BCUT2D eigenvalue weighted by atomic mass is 32.2. The molecule has 29 heavy (non-hydrogen) atoms. The predicted octanol–water partition coefficient (Wildman–Crippen LogP) is 4.74. The Labute approximate surface area is 174 Å². The van der Waals surface area contributed by atoms with Crippen molar-refractivity contribution in [3.05, 3.63) is 57.9 Å². The number of amidine groups is 2. The van der Waals surface area contributed by atoms with E-state index < -0.39 is 5.91 Å². The van der Waals surface area contributed by atoms with Gasteiger partial charge in [-0.15, -0.1) is 0 Å². The second-order valence-electron chi connectivity index (χ2n) is 7.38. The highest BCUT2D eigenvalue weighted by Gasteiger charge is 2.35. The van der Waals surface area contributed by atoms with Crippen LogP contribution in [0.3, 0.4) is 0 Å². The summed E-state index contributed by atoms with van der Waals surface area (Å²) in [5.74, 6) is -0.315. The number of hydrogen-bond donors (Lipinski definition) is 1. The van der Waals surface area contributed by atoms with E-state index in [4.69, 9.17) is 5.41 Å². The molecule has 0 bridgehead atoms. The molecule has 1 aromatic heterocycles. The third-order valence-corrected chi connectivity index (χ3v) is 6.09. The van der Waals surface area contributed by atoms with Crippen LogP contribution in [-0.4, -0.2) is 31.5 Å². The summed E-state index contributed by atoms with van der Waals surface area (Å²) in [6.45, 7) is 10.2. The van der Waals surface area contributed by atoms with Gasteiger partial charge in [-0.25, -0.2) is 0 Å². The molecule has 1 amide bonds. The first-order valence-electron chi connectivity index (χ1n) is 9.55. The van der Waals surface area contributed by atoms with Gasteiger partial charge in [0.05, 0.1) is 5.57 Å². The van der Waals surface area contributed by atoms with E-state index >= 15 is 0 Å². The zero-order valence-electron chi connectivity index (χ0n) is 17.2. The Morgan fingerprint density at radius 3 is 2.45 bits per heavy atom. The zero-order chi connectivity index (χ0) is 20.9. The van der Waals surface area contributed by atoms with Crippen LogP contribution in [-0.2, 0) is 4.79 Å². The number of nitrogens with zero attached hydrogens (tertiary/aromatic N) is 4. The number of hydrazone groups is 1. The van der Waals surface area contributed by atoms with Crippen LogP contribution >= 0.6 is 11.8 Å². The van der Waals surface area contributed by atoms with Crippen molar-refractivity contribution in [2.45, 2.75) is 41.0 Å². The van der Waals surface area contributed by atoms with Gasteiger partial charge in [0.25, 0.3) is 5.91 Å². The first-order valence-corrected chi connectivity index (χ1v) is 10.4. The number of hydrogen-bond acceptors (Lipinski definition) is 4. The monoisotopic (exact) mass is 405 g/mol. The summed E-state index contributed by atoms with van der Waals surface area (Å²) in [7, 11) is 0. The second kappa shape index (κ2) is 7.15. The van der Waals surface area contributed by atoms with Gasteiger partial charge < -0.3 is 4.57 Å². The molecule has 2 aliphatic rings. The number of carbonyl (C=O) groups excluding carboxylic acids is 1. The molecule has 3 heterocycles. The average Bonchev–Trinajstić information content (AvgIpc) is 3.18. The fraction of sp³-hybridized carbons (Fsp3) is 0.273. The van der Waals surface area contributed by atoms with Gasteiger partial charge in [-0.1, -0.05) is 13.0 Å². The topological polar surface area (TPSA) is 73.8 Å². The molecule has 0 aliphatic carbocycles. The van der Waals surface area contributed by atoms with Crippen molar-refractivity contribution in [3.63, 3.8) is 0 Å². The Balaban J connectivity index is 1.77. The molecule has 1 aromatic carbocycles. The van der Waals surface area contributed by atoms with Gasteiger partial charge >= 0.3 is 0 Å². The van der Waals surface area contributed by atoms with Crippen molar-refractivity contribution in [2.75, 3.05) is 0 Å². The third kappa shape index (κ3) is 3.35. The molecule has 0 radical (unpaired) electrons. The number of fused-ring (bicyclic) bond motifs is 1. The van der Waals surface area contributed by atoms with Crippen LogP contribution in [0.15, 0.2) is 39.9 Å². The lowest BCUT2D eigenvalue weighted by Crippen LogP contribution is -2.35. The minimum absolute atomic E-state index is 0.0761. The summed E-state index contributed by atoms with van der Waals surface area (Å²) in [5.41, 5.74) is 6.76. The summed E-state index contributed by atoms with van der Waals surface area (Å²) in [6, 6.07) is 8.49. The Hall–Kier alpha value is -2.93. The van der Waals surface area contributed by atoms with Crippen LogP contribution in [0.4, 0.5) is 0 Å². The maximum atomic E-state index is 12.6. The van der Waals surface area contributed by atoms with Crippen molar-refractivity contribution >= 4 is 39.8 Å². The number of aryl methyl sites for hydroxylation is 3. The lowest BCUT2D eigenvalue weighted by atomic mass is 10.1. The quantitative estimate of drug-likeness (QED) is 0.750. The Bertz CT molecular complexity index is 1130. The van der Waals surface area contributed by atoms with Crippen LogP contribution < -0.4 is 0 Å². The number of carbonyl (C=O) groups is 1. The van der Waals surface area contributed by atoms with E-state index in [1.807, 2.05) is 26.8 Å². The zero-order valence-corrected chi connectivity index (χ0v) is 18.0. The van der Waals surface area contributed by atoms with Gasteiger partial charge in [0.15, 0.2) is 5.84 Å². The molecule has 1 N–H and O–H groups in total. The minimum Gasteiger partial charge on any atom is -0.318 e. The molecular weight excluding hydrogens is 382 g/mol. The second-order valence-corrected chi connectivity index (χ2v) is 8.42. The normalized spacial score (nSPS) is 17.7. The standard InChI is InChI=1S/C22H23N5OS/c1-6-19-25-27-20(23)18(21(28)24-22(27)29-19)11-16-10-14(4)26(15(16)5)17-8-12(2)7-13(3)9-17/h7-11,23H,6H2,1-5H3. The van der Waals surface area contributed by atoms with Crippen LogP contribution in [0.25, 0.3) is 11.8 Å². The van der Waals surface area contributed by atoms with E-state index in [0.29, 0.717) is 5.17 Å². The molecule has 148 valence electrons. The molecule has 0 saturated heterocycles. The van der Waals surface area contributed by atoms with E-state index in [2.05, 4.69) is 46.7 Å². The smallest absolute Gasteiger partial charge is 0.283 e. The van der Waals surface area contributed by atoms with Crippen molar-refractivity contribution in [3.8, 4) is 5.69 Å². The maximum Gasteiger partial charge on any atom is 0.283 e. The molecule has 4 rings (SSSR count). The number of aromatic nitrogens is 1. The van der Waals surface area contributed by atoms with Crippen molar-refractivity contribution < 1.29 is 4.79 Å². The number of rotatable bonds is 3. The Morgan fingerprint density at radius 1 is 1.10 bits per heavy atom. The molecule has 0 atom stereocenters. The third-order valence-electron chi connectivity index (χ3n) is 5.03. The number of aliphatic imine (C=N–C) groups is 1. The number of amides is 1. The molecule has 2 aromatic rings. The van der Waals surface area contributed by atoms with E-state index in [-0.39, 0.29) is 11.4 Å². The lowest BCUT2D eigenvalue weighted by Gasteiger charge is -2.20. The predicted molar refractivity (Wildman–Crippen MR) is 120 cm³/mol. The Kier molecular flexibility index (Phi) is 4.78. The summed E-state index contributed by atoms with van der Waals surface area (Å²) >= 11 is 1.35. The first kappa shape index (κ1) is 19.4. The molecule has 0 spiro atoms. The minimum atomic E-state index is -0.391. The fourth-order valence-corrected chi connectivity index (χ4v) is 4.57. The molecule has 2 aliphatic heterocycles. The molecule has 7 heteroatoms. The van der Waals surface area contributed by atoms with E-state index in [9.17, 15) is 4.79 Å². The van der Waals surface area contributed by atoms with Gasteiger partial charge in [0, 0.05) is 17.1 Å². The summed E-state index contributed by atoms with van der Waals surface area (Å²) < 4.78 is 2.18. The van der Waals surface area contributed by atoms with Crippen molar-refractivity contribution in [1.82, 2.24) is 9.58 Å². The van der Waals surface area contributed by atoms with Crippen molar-refractivity contribution in [1.29, 1.82) is 5.41 Å². The van der Waals surface area contributed by atoms with E-state index in [0.717, 1.165) is 34.1 Å². The van der Waals surface area contributed by atoms with E-state index in [1.165, 1.54) is 27.9 Å². The molecule has 0 unspecified atom stereocenters. The first-order chi connectivity index (χ1) is 13.8. The molecule has 0 saturated carbocycles. The summed E-state index contributed by atoms with van der Waals surface area (Å²) in [5, 5.41) is 15.7. The molecular formula is C22H23N5OS. The van der Waals surface area contributed by atoms with Crippen LogP contribution in [0.5, 0.6) is 0 Å². The Morgan fingerprint density at radius 2 is 1.79 bits per heavy atom. The van der Waals surface area contributed by atoms with Gasteiger partial charge in [0.2, 0.25) is 5.17 Å². The van der Waals surface area contributed by atoms with Gasteiger partial charge in [-0.05, 0) is 86.8 Å². The average molecular weight is 406 g/mol. The summed E-state index contributed by atoms with van der Waals surface area (Å²) in [6.07, 6.45) is 2.51. The van der Waals surface area contributed by atoms with Gasteiger partial charge in [0.1, 0.15) is 5.04 Å². The number of benzene rings is 1. The largest absolute Gasteiger partial charge is 0.318 e. The number of thioether (sulfide) groups is 1. The van der Waals surface area contributed by atoms with Crippen LogP contribution in [0.2, 0.25) is 0 Å². The maximum absolute atomic E-state index is 12.6. The fourth-order valence-electron chi connectivity index (χ4n) is 3.74. The van der Waals surface area contributed by atoms with Crippen LogP contribution in [0, 0.1) is 33.1 Å².